The standard InChI is InChI=1S/C31H35NO6/c1-5-25(21-10-8-7-9-11-21)30(33)32-17-16-23-18-28(35-3)29(36-4)19-26(23)27(32)20-38-24-14-12-22(13-15-24)31(34)37-6-2/h7-15,18-19,25,27H,5-6,16-17,20H2,1-4H3. The Labute approximate surface area is 224 Å². The third-order valence-electron chi connectivity index (χ3n) is 6.97. The number of benzene rings is 3. The molecule has 38 heavy (non-hydrogen) atoms. The number of carbonyl (C=O) groups is 2. The summed E-state index contributed by atoms with van der Waals surface area (Å²) in [4.78, 5) is 27.9. The third-order valence-corrected chi connectivity index (χ3v) is 6.97. The molecule has 7 heteroatoms. The molecule has 0 bridgehead atoms. The van der Waals surface area contributed by atoms with Crippen LogP contribution >= 0.6 is 0 Å². The zero-order chi connectivity index (χ0) is 27.1. The minimum Gasteiger partial charge on any atom is -0.493 e. The minimum absolute atomic E-state index is 0.0744. The summed E-state index contributed by atoms with van der Waals surface area (Å²) in [7, 11) is 3.23. The van der Waals surface area contributed by atoms with E-state index in [2.05, 4.69) is 0 Å². The second-order valence-electron chi connectivity index (χ2n) is 9.13. The molecule has 0 saturated carbocycles. The molecule has 7 nitrogen and oxygen atoms in total. The molecule has 0 aliphatic carbocycles. The molecule has 1 aliphatic rings. The van der Waals surface area contributed by atoms with Crippen LogP contribution in [-0.4, -0.2) is 50.8 Å². The van der Waals surface area contributed by atoms with Crippen molar-refractivity contribution in [2.24, 2.45) is 0 Å². The lowest BCUT2D eigenvalue weighted by Crippen LogP contribution is -2.44. The molecule has 2 unspecified atom stereocenters. The molecule has 3 aromatic rings. The number of hydrogen-bond acceptors (Lipinski definition) is 6. The Balaban J connectivity index is 1.65. The van der Waals surface area contributed by atoms with E-state index in [-0.39, 0.29) is 30.4 Å². The van der Waals surface area contributed by atoms with E-state index < -0.39 is 0 Å². The quantitative estimate of drug-likeness (QED) is 0.327. The Bertz CT molecular complexity index is 1240. The third kappa shape index (κ3) is 5.77. The van der Waals surface area contributed by atoms with Crippen molar-refractivity contribution >= 4 is 11.9 Å². The van der Waals surface area contributed by atoms with Gasteiger partial charge in [-0.1, -0.05) is 37.3 Å². The normalized spacial score (nSPS) is 15.3. The number of esters is 1. The first-order valence-electron chi connectivity index (χ1n) is 13.0. The molecule has 1 amide bonds. The molecule has 0 spiro atoms. The van der Waals surface area contributed by atoms with Gasteiger partial charge in [0.15, 0.2) is 11.5 Å². The second-order valence-corrected chi connectivity index (χ2v) is 9.13. The molecule has 4 rings (SSSR count). The van der Waals surface area contributed by atoms with Crippen molar-refractivity contribution in [1.82, 2.24) is 4.90 Å². The highest BCUT2D eigenvalue weighted by molar-refractivity contribution is 5.89. The van der Waals surface area contributed by atoms with Crippen molar-refractivity contribution in [1.29, 1.82) is 0 Å². The molecule has 0 saturated heterocycles. The van der Waals surface area contributed by atoms with Crippen molar-refractivity contribution in [2.75, 3.05) is 34.0 Å². The number of fused-ring (bicyclic) bond motifs is 1. The highest BCUT2D eigenvalue weighted by Gasteiger charge is 2.36. The molecule has 3 aromatic carbocycles. The number of ether oxygens (including phenoxy) is 4. The van der Waals surface area contributed by atoms with E-state index in [1.165, 1.54) is 0 Å². The summed E-state index contributed by atoms with van der Waals surface area (Å²) in [5.74, 6) is 1.34. The van der Waals surface area contributed by atoms with Gasteiger partial charge in [0.05, 0.1) is 38.3 Å². The summed E-state index contributed by atoms with van der Waals surface area (Å²) in [5.41, 5.74) is 3.55. The van der Waals surface area contributed by atoms with E-state index in [0.29, 0.717) is 48.8 Å². The highest BCUT2D eigenvalue weighted by Crippen LogP contribution is 2.40. The summed E-state index contributed by atoms with van der Waals surface area (Å²) in [6, 6.07) is 20.4. The van der Waals surface area contributed by atoms with Crippen molar-refractivity contribution in [2.45, 2.75) is 38.6 Å². The van der Waals surface area contributed by atoms with Gasteiger partial charge in [-0.2, -0.15) is 0 Å². The van der Waals surface area contributed by atoms with Gasteiger partial charge in [-0.25, -0.2) is 4.79 Å². The fraction of sp³-hybridized carbons (Fsp3) is 0.355. The molecule has 2 atom stereocenters. The van der Waals surface area contributed by atoms with Gasteiger partial charge in [-0.3, -0.25) is 4.79 Å². The van der Waals surface area contributed by atoms with Crippen molar-refractivity contribution in [3.63, 3.8) is 0 Å². The van der Waals surface area contributed by atoms with Crippen LogP contribution in [0.25, 0.3) is 0 Å². The molecule has 1 aliphatic heterocycles. The van der Waals surface area contributed by atoms with Crippen molar-refractivity contribution in [3.8, 4) is 17.2 Å². The molecule has 0 aromatic heterocycles. The maximum atomic E-state index is 14.0. The molecule has 0 N–H and O–H groups in total. The van der Waals surface area contributed by atoms with Crippen LogP contribution in [0.4, 0.5) is 0 Å². The Hall–Kier alpha value is -4.00. The first-order chi connectivity index (χ1) is 18.5. The molecule has 0 fully saturated rings. The average Bonchev–Trinajstić information content (AvgIpc) is 2.96. The van der Waals surface area contributed by atoms with Crippen LogP contribution in [0, 0.1) is 0 Å². The SMILES string of the molecule is CCOC(=O)c1ccc(OCC2c3cc(OC)c(OC)cc3CCN2C(=O)C(CC)c2ccccc2)cc1. The van der Waals surface area contributed by atoms with Gasteiger partial charge in [0.25, 0.3) is 0 Å². The summed E-state index contributed by atoms with van der Waals surface area (Å²) in [6.45, 7) is 4.95. The lowest BCUT2D eigenvalue weighted by atomic mass is 9.89. The van der Waals surface area contributed by atoms with Crippen LogP contribution in [0.3, 0.4) is 0 Å². The van der Waals surface area contributed by atoms with Crippen molar-refractivity contribution in [3.05, 3.63) is 89.0 Å². The van der Waals surface area contributed by atoms with Gasteiger partial charge in [-0.15, -0.1) is 0 Å². The molecular formula is C31H35NO6. The smallest absolute Gasteiger partial charge is 0.338 e. The Morgan fingerprint density at radius 3 is 2.26 bits per heavy atom. The van der Waals surface area contributed by atoms with E-state index in [1.807, 2.05) is 54.3 Å². The molecule has 0 radical (unpaired) electrons. The second kappa shape index (κ2) is 12.5. The predicted molar refractivity (Wildman–Crippen MR) is 145 cm³/mol. The van der Waals surface area contributed by atoms with Gasteiger partial charge in [-0.05, 0) is 72.9 Å². The minimum atomic E-state index is -0.371. The molecule has 200 valence electrons. The van der Waals surface area contributed by atoms with Crippen LogP contribution in [-0.2, 0) is 16.0 Å². The van der Waals surface area contributed by atoms with Crippen LogP contribution in [0.15, 0.2) is 66.7 Å². The lowest BCUT2D eigenvalue weighted by molar-refractivity contribution is -0.136. The molecule has 1 heterocycles. The van der Waals surface area contributed by atoms with Gasteiger partial charge in [0.1, 0.15) is 12.4 Å². The average molecular weight is 518 g/mol. The number of carbonyl (C=O) groups excluding carboxylic acids is 2. The summed E-state index contributed by atoms with van der Waals surface area (Å²) < 4.78 is 22.4. The number of nitrogens with zero attached hydrogens (tertiary/aromatic N) is 1. The topological polar surface area (TPSA) is 74.3 Å². The number of rotatable bonds is 10. The fourth-order valence-corrected chi connectivity index (χ4v) is 4.99. The highest BCUT2D eigenvalue weighted by atomic mass is 16.5. The lowest BCUT2D eigenvalue weighted by Gasteiger charge is -2.39. The zero-order valence-electron chi connectivity index (χ0n) is 22.4. The van der Waals surface area contributed by atoms with Gasteiger partial charge >= 0.3 is 5.97 Å². The van der Waals surface area contributed by atoms with Crippen LogP contribution < -0.4 is 14.2 Å². The zero-order valence-corrected chi connectivity index (χ0v) is 22.4. The van der Waals surface area contributed by atoms with Crippen LogP contribution in [0.1, 0.15) is 59.3 Å². The Morgan fingerprint density at radius 2 is 1.63 bits per heavy atom. The van der Waals surface area contributed by atoms with E-state index in [4.69, 9.17) is 18.9 Å². The summed E-state index contributed by atoms with van der Waals surface area (Å²) >= 11 is 0. The molecular weight excluding hydrogens is 482 g/mol. The first-order valence-corrected chi connectivity index (χ1v) is 13.0. The summed E-state index contributed by atoms with van der Waals surface area (Å²) in [5, 5.41) is 0. The Morgan fingerprint density at radius 1 is 0.947 bits per heavy atom. The van der Waals surface area contributed by atoms with Crippen LogP contribution in [0.5, 0.6) is 17.2 Å². The van der Waals surface area contributed by atoms with Gasteiger partial charge in [0, 0.05) is 6.54 Å². The van der Waals surface area contributed by atoms with E-state index in [9.17, 15) is 9.59 Å². The monoisotopic (exact) mass is 517 g/mol. The largest absolute Gasteiger partial charge is 0.493 e. The fourth-order valence-electron chi connectivity index (χ4n) is 4.99. The maximum absolute atomic E-state index is 14.0. The van der Waals surface area contributed by atoms with E-state index >= 15 is 0 Å². The van der Waals surface area contributed by atoms with Gasteiger partial charge in [0.2, 0.25) is 5.91 Å². The number of methoxy groups -OCH3 is 2. The van der Waals surface area contributed by atoms with E-state index in [0.717, 1.165) is 16.7 Å². The first kappa shape index (κ1) is 27.0. The number of amides is 1. The van der Waals surface area contributed by atoms with Gasteiger partial charge < -0.3 is 23.8 Å². The van der Waals surface area contributed by atoms with E-state index in [1.54, 1.807) is 45.4 Å². The Kier molecular flexibility index (Phi) is 8.89. The van der Waals surface area contributed by atoms with Crippen molar-refractivity contribution < 1.29 is 28.5 Å². The summed E-state index contributed by atoms with van der Waals surface area (Å²) in [6.07, 6.45) is 1.40. The van der Waals surface area contributed by atoms with Crippen LogP contribution in [0.2, 0.25) is 0 Å². The predicted octanol–water partition coefficient (Wildman–Crippen LogP) is 5.58. The number of hydrogen-bond donors (Lipinski definition) is 0. The maximum Gasteiger partial charge on any atom is 0.338 e.